The molecule has 0 saturated carbocycles. The van der Waals surface area contributed by atoms with E-state index >= 15 is 0 Å². The summed E-state index contributed by atoms with van der Waals surface area (Å²) in [7, 11) is 0. The fourth-order valence-corrected chi connectivity index (χ4v) is 2.31. The van der Waals surface area contributed by atoms with E-state index in [-0.39, 0.29) is 18.3 Å². The van der Waals surface area contributed by atoms with Crippen LogP contribution >= 0.6 is 0 Å². The van der Waals surface area contributed by atoms with E-state index in [0.717, 1.165) is 5.69 Å². The SMILES string of the molecule is O=C(N[C@H](CO)Cc1cnc[nH]1)c1cc2cc(F)ccc2[nH]1. The number of aromatic nitrogens is 3. The monoisotopic (exact) mass is 302 g/mol. The van der Waals surface area contributed by atoms with Gasteiger partial charge in [-0.15, -0.1) is 0 Å². The smallest absolute Gasteiger partial charge is 0.268 e. The normalized spacial score (nSPS) is 12.5. The summed E-state index contributed by atoms with van der Waals surface area (Å²) in [4.78, 5) is 22.0. The molecule has 0 aliphatic rings. The number of fused-ring (bicyclic) bond motifs is 1. The molecular weight excluding hydrogens is 287 g/mol. The first kappa shape index (κ1) is 14.3. The lowest BCUT2D eigenvalue weighted by atomic mass is 10.1. The second-order valence-corrected chi connectivity index (χ2v) is 5.05. The molecule has 3 aromatic rings. The number of halogens is 1. The van der Waals surface area contributed by atoms with Crippen LogP contribution in [0.4, 0.5) is 4.39 Å². The van der Waals surface area contributed by atoms with Crippen molar-refractivity contribution in [3.8, 4) is 0 Å². The molecule has 0 aliphatic carbocycles. The predicted octanol–water partition coefficient (Wildman–Crippen LogP) is 1.36. The molecule has 0 spiro atoms. The number of imidazole rings is 1. The summed E-state index contributed by atoms with van der Waals surface area (Å²) < 4.78 is 13.2. The maximum Gasteiger partial charge on any atom is 0.268 e. The molecule has 0 aliphatic heterocycles. The number of rotatable bonds is 5. The Morgan fingerprint density at radius 3 is 3.00 bits per heavy atom. The van der Waals surface area contributed by atoms with Crippen molar-refractivity contribution in [3.63, 3.8) is 0 Å². The molecule has 0 bridgehead atoms. The van der Waals surface area contributed by atoms with E-state index in [1.807, 2.05) is 0 Å². The first-order valence-corrected chi connectivity index (χ1v) is 6.83. The zero-order valence-electron chi connectivity index (χ0n) is 11.6. The highest BCUT2D eigenvalue weighted by atomic mass is 19.1. The van der Waals surface area contributed by atoms with E-state index in [1.165, 1.54) is 18.5 Å². The highest BCUT2D eigenvalue weighted by Gasteiger charge is 2.16. The zero-order valence-corrected chi connectivity index (χ0v) is 11.6. The van der Waals surface area contributed by atoms with Gasteiger partial charge in [0, 0.05) is 29.2 Å². The van der Waals surface area contributed by atoms with Crippen LogP contribution in [0.3, 0.4) is 0 Å². The number of aliphatic hydroxyl groups excluding tert-OH is 1. The Bertz CT molecular complexity index is 782. The summed E-state index contributed by atoms with van der Waals surface area (Å²) in [6, 6.07) is 5.41. The van der Waals surface area contributed by atoms with Gasteiger partial charge in [0.05, 0.1) is 19.0 Å². The number of amides is 1. The van der Waals surface area contributed by atoms with Crippen molar-refractivity contribution in [3.05, 3.63) is 54.0 Å². The topological polar surface area (TPSA) is 93.8 Å². The second kappa shape index (κ2) is 5.98. The second-order valence-electron chi connectivity index (χ2n) is 5.05. The van der Waals surface area contributed by atoms with E-state index in [9.17, 15) is 14.3 Å². The molecule has 2 aromatic heterocycles. The lowest BCUT2D eigenvalue weighted by Gasteiger charge is -2.14. The Hall–Kier alpha value is -2.67. The van der Waals surface area contributed by atoms with Crippen molar-refractivity contribution in [1.29, 1.82) is 0 Å². The molecule has 0 saturated heterocycles. The summed E-state index contributed by atoms with van der Waals surface area (Å²) in [6.07, 6.45) is 3.62. The molecule has 114 valence electrons. The summed E-state index contributed by atoms with van der Waals surface area (Å²) in [5.74, 6) is -0.707. The van der Waals surface area contributed by atoms with Crippen LogP contribution in [0.15, 0.2) is 36.8 Å². The number of hydrogen-bond donors (Lipinski definition) is 4. The minimum absolute atomic E-state index is 0.195. The van der Waals surface area contributed by atoms with Crippen LogP contribution in [-0.2, 0) is 6.42 Å². The maximum atomic E-state index is 13.2. The lowest BCUT2D eigenvalue weighted by Crippen LogP contribution is -2.39. The first-order chi connectivity index (χ1) is 10.7. The lowest BCUT2D eigenvalue weighted by molar-refractivity contribution is 0.0912. The summed E-state index contributed by atoms with van der Waals surface area (Å²) in [5.41, 5.74) is 1.82. The third-order valence-corrected chi connectivity index (χ3v) is 3.40. The number of carbonyl (C=O) groups excluding carboxylic acids is 1. The van der Waals surface area contributed by atoms with Gasteiger partial charge >= 0.3 is 0 Å². The van der Waals surface area contributed by atoms with Crippen LogP contribution in [0, 0.1) is 5.82 Å². The molecule has 3 rings (SSSR count). The third kappa shape index (κ3) is 2.99. The number of hydrogen-bond acceptors (Lipinski definition) is 3. The highest BCUT2D eigenvalue weighted by Crippen LogP contribution is 2.16. The van der Waals surface area contributed by atoms with Gasteiger partial charge in [-0.2, -0.15) is 0 Å². The van der Waals surface area contributed by atoms with Crippen molar-refractivity contribution in [2.75, 3.05) is 6.61 Å². The maximum absolute atomic E-state index is 13.2. The van der Waals surface area contributed by atoms with Crippen molar-refractivity contribution in [2.45, 2.75) is 12.5 Å². The van der Waals surface area contributed by atoms with E-state index < -0.39 is 6.04 Å². The average Bonchev–Trinajstić information content (AvgIpc) is 3.14. The van der Waals surface area contributed by atoms with Crippen LogP contribution in [0.2, 0.25) is 0 Å². The fourth-order valence-electron chi connectivity index (χ4n) is 2.31. The minimum Gasteiger partial charge on any atom is -0.394 e. The Morgan fingerprint density at radius 2 is 2.27 bits per heavy atom. The standard InChI is InChI=1S/C15H15FN4O2/c16-10-1-2-13-9(3-10)4-14(20-13)15(22)19-12(7-21)5-11-6-17-8-18-11/h1-4,6,8,12,20-21H,5,7H2,(H,17,18)(H,19,22)/t12-/m0/s1. The number of benzene rings is 1. The van der Waals surface area contributed by atoms with Crippen LogP contribution in [0.25, 0.3) is 10.9 Å². The molecule has 1 atom stereocenters. The molecule has 1 aromatic carbocycles. The molecule has 1 amide bonds. The van der Waals surface area contributed by atoms with Crippen molar-refractivity contribution >= 4 is 16.8 Å². The van der Waals surface area contributed by atoms with Gasteiger partial charge in [-0.1, -0.05) is 0 Å². The van der Waals surface area contributed by atoms with Gasteiger partial charge < -0.3 is 20.4 Å². The number of aromatic amines is 2. The van der Waals surface area contributed by atoms with Crippen molar-refractivity contribution < 1.29 is 14.3 Å². The summed E-state index contributed by atoms with van der Waals surface area (Å²) >= 11 is 0. The first-order valence-electron chi connectivity index (χ1n) is 6.83. The van der Waals surface area contributed by atoms with Gasteiger partial charge in [-0.3, -0.25) is 4.79 Å². The van der Waals surface area contributed by atoms with E-state index in [1.54, 1.807) is 18.3 Å². The number of aliphatic hydroxyl groups is 1. The predicted molar refractivity (Wildman–Crippen MR) is 78.9 cm³/mol. The Labute approximate surface area is 125 Å². The average molecular weight is 302 g/mol. The van der Waals surface area contributed by atoms with Gasteiger partial charge in [-0.05, 0) is 24.3 Å². The Kier molecular flexibility index (Phi) is 3.88. The van der Waals surface area contributed by atoms with E-state index in [4.69, 9.17) is 0 Å². The third-order valence-electron chi connectivity index (χ3n) is 3.40. The molecule has 0 fully saturated rings. The minimum atomic E-state index is -0.434. The van der Waals surface area contributed by atoms with Gasteiger partial charge in [-0.25, -0.2) is 9.37 Å². The van der Waals surface area contributed by atoms with E-state index in [2.05, 4.69) is 20.3 Å². The Balaban J connectivity index is 1.73. The largest absolute Gasteiger partial charge is 0.394 e. The molecule has 0 unspecified atom stereocenters. The van der Waals surface area contributed by atoms with Gasteiger partial charge in [0.2, 0.25) is 0 Å². The number of H-pyrrole nitrogens is 2. The molecule has 7 heteroatoms. The molecule has 2 heterocycles. The Morgan fingerprint density at radius 1 is 1.41 bits per heavy atom. The van der Waals surface area contributed by atoms with Gasteiger partial charge in [0.25, 0.3) is 5.91 Å². The number of carbonyl (C=O) groups is 1. The molecule has 0 radical (unpaired) electrons. The fraction of sp³-hybridized carbons (Fsp3) is 0.200. The van der Waals surface area contributed by atoms with Crippen LogP contribution in [-0.4, -0.2) is 38.6 Å². The molecule has 22 heavy (non-hydrogen) atoms. The summed E-state index contributed by atoms with van der Waals surface area (Å²) in [5, 5.41) is 12.7. The highest BCUT2D eigenvalue weighted by molar-refractivity contribution is 5.98. The molecule has 6 nitrogen and oxygen atoms in total. The van der Waals surface area contributed by atoms with Crippen LogP contribution in [0.5, 0.6) is 0 Å². The zero-order chi connectivity index (χ0) is 15.5. The van der Waals surface area contributed by atoms with E-state index in [0.29, 0.717) is 23.0 Å². The molecule has 4 N–H and O–H groups in total. The van der Waals surface area contributed by atoms with Crippen molar-refractivity contribution in [2.24, 2.45) is 0 Å². The van der Waals surface area contributed by atoms with Gasteiger partial charge in [0.1, 0.15) is 11.5 Å². The number of nitrogens with one attached hydrogen (secondary N) is 3. The van der Waals surface area contributed by atoms with Crippen LogP contribution < -0.4 is 5.32 Å². The van der Waals surface area contributed by atoms with Crippen molar-refractivity contribution in [1.82, 2.24) is 20.3 Å². The number of nitrogens with zero attached hydrogens (tertiary/aromatic N) is 1. The quantitative estimate of drug-likeness (QED) is 0.573. The summed E-state index contributed by atoms with van der Waals surface area (Å²) in [6.45, 7) is -0.195. The molecular formula is C15H15FN4O2. The van der Waals surface area contributed by atoms with Crippen LogP contribution in [0.1, 0.15) is 16.2 Å². The van der Waals surface area contributed by atoms with Gasteiger partial charge in [0.15, 0.2) is 0 Å².